The highest BCUT2D eigenvalue weighted by molar-refractivity contribution is 7.99. The molecular formula is C13H25NOS. The summed E-state index contributed by atoms with van der Waals surface area (Å²) in [6, 6.07) is 1.24. The Bertz CT molecular complexity index is 206. The molecule has 0 spiro atoms. The summed E-state index contributed by atoms with van der Waals surface area (Å²) in [6.45, 7) is 3.26. The summed E-state index contributed by atoms with van der Waals surface area (Å²) in [5.74, 6) is 0. The molecule has 94 valence electrons. The van der Waals surface area contributed by atoms with E-state index in [0.29, 0.717) is 18.2 Å². The Labute approximate surface area is 104 Å². The molecule has 1 saturated carbocycles. The van der Waals surface area contributed by atoms with Gasteiger partial charge in [-0.3, -0.25) is 0 Å². The SMILES string of the molecule is CSC1CCCCC1NC(C)C1CCCO1. The zero-order chi connectivity index (χ0) is 11.4. The van der Waals surface area contributed by atoms with Crippen LogP contribution < -0.4 is 5.32 Å². The molecule has 4 atom stereocenters. The second-order valence-corrected chi connectivity index (χ2v) is 6.25. The minimum atomic E-state index is 0.462. The number of hydrogen-bond donors (Lipinski definition) is 1. The Morgan fingerprint density at radius 3 is 2.69 bits per heavy atom. The standard InChI is InChI=1S/C13H25NOS/c1-10(12-7-5-9-15-12)14-11-6-3-4-8-13(11)16-2/h10-14H,3-9H2,1-2H3. The zero-order valence-electron chi connectivity index (χ0n) is 10.6. The van der Waals surface area contributed by atoms with Crippen molar-refractivity contribution in [3.05, 3.63) is 0 Å². The summed E-state index contributed by atoms with van der Waals surface area (Å²) in [5, 5.41) is 4.63. The van der Waals surface area contributed by atoms with Gasteiger partial charge in [0.1, 0.15) is 0 Å². The predicted octanol–water partition coefficient (Wildman–Crippen LogP) is 2.82. The minimum absolute atomic E-state index is 0.462. The molecule has 3 heteroatoms. The molecule has 2 nitrogen and oxygen atoms in total. The van der Waals surface area contributed by atoms with Gasteiger partial charge >= 0.3 is 0 Å². The first-order valence-electron chi connectivity index (χ1n) is 6.71. The van der Waals surface area contributed by atoms with Gasteiger partial charge in [0.25, 0.3) is 0 Å². The molecule has 0 aromatic carbocycles. The van der Waals surface area contributed by atoms with E-state index in [1.54, 1.807) is 0 Å². The Morgan fingerprint density at radius 1 is 1.19 bits per heavy atom. The van der Waals surface area contributed by atoms with Crippen LogP contribution in [0, 0.1) is 0 Å². The molecule has 1 N–H and O–H groups in total. The first-order chi connectivity index (χ1) is 7.81. The highest BCUT2D eigenvalue weighted by Gasteiger charge is 2.29. The molecule has 2 fully saturated rings. The van der Waals surface area contributed by atoms with Crippen LogP contribution in [0.25, 0.3) is 0 Å². The van der Waals surface area contributed by atoms with Gasteiger partial charge in [-0.2, -0.15) is 11.8 Å². The zero-order valence-corrected chi connectivity index (χ0v) is 11.4. The van der Waals surface area contributed by atoms with Gasteiger partial charge < -0.3 is 10.1 Å². The summed E-state index contributed by atoms with van der Waals surface area (Å²) in [7, 11) is 0. The van der Waals surface area contributed by atoms with Crippen LogP contribution in [-0.4, -0.2) is 36.3 Å². The van der Waals surface area contributed by atoms with Crippen molar-refractivity contribution in [2.45, 2.75) is 68.9 Å². The van der Waals surface area contributed by atoms with Gasteiger partial charge in [0, 0.05) is 23.9 Å². The van der Waals surface area contributed by atoms with E-state index in [0.717, 1.165) is 11.9 Å². The summed E-state index contributed by atoms with van der Waals surface area (Å²) in [4.78, 5) is 0. The average molecular weight is 243 g/mol. The van der Waals surface area contributed by atoms with Gasteiger partial charge in [-0.25, -0.2) is 0 Å². The molecule has 1 heterocycles. The van der Waals surface area contributed by atoms with Crippen LogP contribution in [0.1, 0.15) is 45.4 Å². The molecule has 0 bridgehead atoms. The van der Waals surface area contributed by atoms with Crippen LogP contribution in [0.4, 0.5) is 0 Å². The van der Waals surface area contributed by atoms with E-state index in [-0.39, 0.29) is 0 Å². The molecule has 0 aromatic rings. The lowest BCUT2D eigenvalue weighted by Crippen LogP contribution is -2.48. The van der Waals surface area contributed by atoms with E-state index < -0.39 is 0 Å². The largest absolute Gasteiger partial charge is 0.377 e. The summed E-state index contributed by atoms with van der Waals surface area (Å²) < 4.78 is 5.76. The second kappa shape index (κ2) is 6.27. The van der Waals surface area contributed by atoms with Crippen LogP contribution in [-0.2, 0) is 4.74 Å². The fourth-order valence-electron chi connectivity index (χ4n) is 3.01. The lowest BCUT2D eigenvalue weighted by Gasteiger charge is -2.34. The highest BCUT2D eigenvalue weighted by Crippen LogP contribution is 2.28. The Hall–Kier alpha value is 0.270. The minimum Gasteiger partial charge on any atom is -0.377 e. The Kier molecular flexibility index (Phi) is 4.98. The quantitative estimate of drug-likeness (QED) is 0.820. The van der Waals surface area contributed by atoms with Gasteiger partial charge in [0.05, 0.1) is 6.10 Å². The van der Waals surface area contributed by atoms with Gasteiger partial charge in [0.2, 0.25) is 0 Å². The maximum atomic E-state index is 5.76. The predicted molar refractivity (Wildman–Crippen MR) is 71.1 cm³/mol. The molecule has 2 rings (SSSR count). The van der Waals surface area contributed by atoms with Crippen LogP contribution in [0.15, 0.2) is 0 Å². The average Bonchev–Trinajstić information content (AvgIpc) is 2.83. The Balaban J connectivity index is 1.81. The van der Waals surface area contributed by atoms with Crippen molar-refractivity contribution in [2.24, 2.45) is 0 Å². The maximum Gasteiger partial charge on any atom is 0.0726 e. The molecule has 16 heavy (non-hydrogen) atoms. The Morgan fingerprint density at radius 2 is 2.00 bits per heavy atom. The molecule has 2 aliphatic rings. The summed E-state index contributed by atoms with van der Waals surface area (Å²) in [6.07, 6.45) is 10.7. The van der Waals surface area contributed by atoms with Gasteiger partial charge in [-0.05, 0) is 38.9 Å². The van der Waals surface area contributed by atoms with Crippen molar-refractivity contribution in [1.29, 1.82) is 0 Å². The van der Waals surface area contributed by atoms with Gasteiger partial charge in [0.15, 0.2) is 0 Å². The van der Waals surface area contributed by atoms with Crippen LogP contribution in [0.3, 0.4) is 0 Å². The molecule has 1 aliphatic carbocycles. The van der Waals surface area contributed by atoms with Crippen molar-refractivity contribution in [3.8, 4) is 0 Å². The normalized spacial score (nSPS) is 37.5. The highest BCUT2D eigenvalue weighted by atomic mass is 32.2. The van der Waals surface area contributed by atoms with Crippen LogP contribution in [0.5, 0.6) is 0 Å². The smallest absolute Gasteiger partial charge is 0.0726 e. The third kappa shape index (κ3) is 3.14. The topological polar surface area (TPSA) is 21.3 Å². The van der Waals surface area contributed by atoms with E-state index in [2.05, 4.69) is 18.5 Å². The van der Waals surface area contributed by atoms with E-state index in [4.69, 9.17) is 4.74 Å². The monoisotopic (exact) mass is 243 g/mol. The van der Waals surface area contributed by atoms with Crippen LogP contribution >= 0.6 is 11.8 Å². The van der Waals surface area contributed by atoms with E-state index in [9.17, 15) is 0 Å². The molecule has 4 unspecified atom stereocenters. The second-order valence-electron chi connectivity index (χ2n) is 5.17. The molecular weight excluding hydrogens is 218 g/mol. The molecule has 1 aliphatic heterocycles. The first kappa shape index (κ1) is 12.7. The fourth-order valence-corrected chi connectivity index (χ4v) is 3.96. The van der Waals surface area contributed by atoms with Gasteiger partial charge in [-0.1, -0.05) is 12.8 Å². The van der Waals surface area contributed by atoms with Crippen molar-refractivity contribution in [2.75, 3.05) is 12.9 Å². The fraction of sp³-hybridized carbons (Fsp3) is 1.00. The molecule has 1 saturated heterocycles. The van der Waals surface area contributed by atoms with Gasteiger partial charge in [-0.15, -0.1) is 0 Å². The van der Waals surface area contributed by atoms with Crippen molar-refractivity contribution >= 4 is 11.8 Å². The number of hydrogen-bond acceptors (Lipinski definition) is 3. The molecule has 0 radical (unpaired) electrons. The molecule has 0 aromatic heterocycles. The van der Waals surface area contributed by atoms with Crippen LogP contribution in [0.2, 0.25) is 0 Å². The van der Waals surface area contributed by atoms with E-state index >= 15 is 0 Å². The van der Waals surface area contributed by atoms with E-state index in [1.165, 1.54) is 38.5 Å². The third-order valence-corrected chi connectivity index (χ3v) is 5.17. The van der Waals surface area contributed by atoms with Crippen molar-refractivity contribution in [1.82, 2.24) is 5.32 Å². The number of rotatable bonds is 4. The lowest BCUT2D eigenvalue weighted by atomic mass is 9.93. The summed E-state index contributed by atoms with van der Waals surface area (Å²) >= 11 is 2.04. The van der Waals surface area contributed by atoms with Crippen molar-refractivity contribution < 1.29 is 4.74 Å². The summed E-state index contributed by atoms with van der Waals surface area (Å²) in [5.41, 5.74) is 0. The number of nitrogens with one attached hydrogen (secondary N) is 1. The third-order valence-electron chi connectivity index (χ3n) is 4.00. The van der Waals surface area contributed by atoms with Crippen molar-refractivity contribution in [3.63, 3.8) is 0 Å². The number of ether oxygens (including phenoxy) is 1. The number of thioether (sulfide) groups is 1. The van der Waals surface area contributed by atoms with E-state index in [1.807, 2.05) is 11.8 Å². The molecule has 0 amide bonds. The first-order valence-corrected chi connectivity index (χ1v) is 8.00. The maximum absolute atomic E-state index is 5.76. The lowest BCUT2D eigenvalue weighted by molar-refractivity contribution is 0.0779.